The van der Waals surface area contributed by atoms with Crippen LogP contribution in [0.1, 0.15) is 61.2 Å². The molecule has 0 radical (unpaired) electrons. The molecule has 0 spiro atoms. The number of carbonyl (C=O) groups excluding carboxylic acids is 1. The lowest BCUT2D eigenvalue weighted by Crippen LogP contribution is -2.32. The molecular formula is C22H23N2O3-. The van der Waals surface area contributed by atoms with Crippen LogP contribution in [-0.4, -0.2) is 22.5 Å². The lowest BCUT2D eigenvalue weighted by molar-refractivity contribution is -0.304. The number of carboxylic acids is 1. The molecule has 0 atom stereocenters. The number of rotatable bonds is 4. The molecule has 0 saturated carbocycles. The summed E-state index contributed by atoms with van der Waals surface area (Å²) in [4.78, 5) is 18.8. The van der Waals surface area contributed by atoms with Crippen molar-refractivity contribution >= 4 is 5.97 Å². The van der Waals surface area contributed by atoms with Gasteiger partial charge in [0.1, 0.15) is 11.4 Å². The van der Waals surface area contributed by atoms with Crippen molar-refractivity contribution in [3.8, 4) is 17.6 Å². The average Bonchev–Trinajstić information content (AvgIpc) is 2.66. The van der Waals surface area contributed by atoms with Gasteiger partial charge in [0.25, 0.3) is 0 Å². The summed E-state index contributed by atoms with van der Waals surface area (Å²) >= 11 is 0. The Kier molecular flexibility index (Phi) is 5.46. The zero-order valence-electron chi connectivity index (χ0n) is 16.0. The van der Waals surface area contributed by atoms with Crippen molar-refractivity contribution < 1.29 is 14.6 Å². The number of hydrogen-bond donors (Lipinski definition) is 0. The minimum atomic E-state index is -1.18. The van der Waals surface area contributed by atoms with Crippen molar-refractivity contribution in [3.05, 3.63) is 52.6 Å². The summed E-state index contributed by atoms with van der Waals surface area (Å²) in [6.45, 7) is 7.24. The maximum atomic E-state index is 10.6. The molecule has 0 unspecified atom stereocenters. The van der Waals surface area contributed by atoms with Crippen LogP contribution in [0.3, 0.4) is 0 Å². The van der Waals surface area contributed by atoms with E-state index in [0.717, 1.165) is 42.7 Å². The molecule has 3 rings (SSSR count). The Morgan fingerprint density at radius 3 is 2.63 bits per heavy atom. The molecule has 5 nitrogen and oxygen atoms in total. The van der Waals surface area contributed by atoms with Crippen molar-refractivity contribution in [2.45, 2.75) is 51.9 Å². The van der Waals surface area contributed by atoms with E-state index in [-0.39, 0.29) is 11.8 Å². The molecule has 1 aromatic heterocycles. The molecule has 0 fully saturated rings. The van der Waals surface area contributed by atoms with Crippen LogP contribution in [0.15, 0.2) is 24.5 Å². The van der Waals surface area contributed by atoms with Gasteiger partial charge >= 0.3 is 0 Å². The van der Waals surface area contributed by atoms with Crippen molar-refractivity contribution in [1.82, 2.24) is 9.97 Å². The lowest BCUT2D eigenvalue weighted by Gasteiger charge is -2.38. The van der Waals surface area contributed by atoms with Gasteiger partial charge in [-0.3, -0.25) is 4.98 Å². The molecule has 1 aliphatic heterocycles. The molecule has 2 aromatic rings. The minimum absolute atomic E-state index is 0.143. The number of carboxylic acid groups (broad SMARTS) is 1. The summed E-state index contributed by atoms with van der Waals surface area (Å²) in [5.41, 5.74) is 4.26. The van der Waals surface area contributed by atoms with E-state index in [1.54, 1.807) is 0 Å². The molecule has 1 aliphatic rings. The molecule has 0 aliphatic carbocycles. The third-order valence-electron chi connectivity index (χ3n) is 5.45. The van der Waals surface area contributed by atoms with Gasteiger partial charge < -0.3 is 14.6 Å². The summed E-state index contributed by atoms with van der Waals surface area (Å²) in [7, 11) is 0. The van der Waals surface area contributed by atoms with Gasteiger partial charge in [-0.2, -0.15) is 0 Å². The van der Waals surface area contributed by atoms with E-state index < -0.39 is 5.97 Å². The highest BCUT2D eigenvalue weighted by atomic mass is 16.5. The molecule has 5 heteroatoms. The van der Waals surface area contributed by atoms with Crippen LogP contribution in [0, 0.1) is 18.8 Å². The zero-order chi connectivity index (χ0) is 19.4. The minimum Gasteiger partial charge on any atom is -0.550 e. The number of fused-ring (bicyclic) bond motifs is 1. The topological polar surface area (TPSA) is 75.1 Å². The van der Waals surface area contributed by atoms with E-state index in [9.17, 15) is 9.90 Å². The summed E-state index contributed by atoms with van der Waals surface area (Å²) in [6.07, 6.45) is 5.83. The fourth-order valence-electron chi connectivity index (χ4n) is 3.62. The maximum Gasteiger partial charge on any atom is 0.131 e. The first-order valence-electron chi connectivity index (χ1n) is 9.28. The normalized spacial score (nSPS) is 14.5. The van der Waals surface area contributed by atoms with Gasteiger partial charge in [-0.1, -0.05) is 19.8 Å². The SMILES string of the molecule is CCC1(CC)CCOc2cc(C)c(C#Cc3cnc(CC(=O)[O-])cn3)cc21. The Hall–Kier alpha value is -2.87. The van der Waals surface area contributed by atoms with Crippen LogP contribution >= 0.6 is 0 Å². The Balaban J connectivity index is 1.93. The van der Waals surface area contributed by atoms with Gasteiger partial charge in [-0.15, -0.1) is 0 Å². The number of nitrogens with zero attached hydrogens (tertiary/aromatic N) is 2. The summed E-state index contributed by atoms with van der Waals surface area (Å²) in [5.74, 6) is 6.01. The first-order valence-corrected chi connectivity index (χ1v) is 9.28. The molecule has 0 N–H and O–H groups in total. The predicted molar refractivity (Wildman–Crippen MR) is 100 cm³/mol. The average molecular weight is 363 g/mol. The largest absolute Gasteiger partial charge is 0.550 e. The number of aryl methyl sites for hydroxylation is 1. The Morgan fingerprint density at radius 1 is 1.22 bits per heavy atom. The number of ether oxygens (including phenoxy) is 1. The molecule has 0 bridgehead atoms. The van der Waals surface area contributed by atoms with Crippen LogP contribution in [0.4, 0.5) is 0 Å². The molecule has 1 aromatic carbocycles. The Labute approximate surface area is 159 Å². The monoisotopic (exact) mass is 363 g/mol. The number of carbonyl (C=O) groups is 1. The fourth-order valence-corrected chi connectivity index (χ4v) is 3.62. The molecule has 2 heterocycles. The summed E-state index contributed by atoms with van der Waals surface area (Å²) < 4.78 is 5.90. The van der Waals surface area contributed by atoms with Crippen LogP contribution in [-0.2, 0) is 16.6 Å². The van der Waals surface area contributed by atoms with Gasteiger partial charge in [-0.05, 0) is 49.8 Å². The Bertz CT molecular complexity index is 904. The first kappa shape index (κ1) is 18.9. The van der Waals surface area contributed by atoms with Crippen LogP contribution in [0.5, 0.6) is 5.75 Å². The van der Waals surface area contributed by atoms with Gasteiger partial charge in [0, 0.05) is 28.9 Å². The van der Waals surface area contributed by atoms with E-state index in [4.69, 9.17) is 4.74 Å². The highest BCUT2D eigenvalue weighted by Crippen LogP contribution is 2.44. The van der Waals surface area contributed by atoms with Gasteiger partial charge in [-0.25, -0.2) is 4.98 Å². The standard InChI is InChI=1S/C22H24N2O3/c1-4-22(5-2)8-9-27-20-10-15(3)16(11-19(20)22)6-7-17-13-24-18(14-23-17)12-21(25)26/h10-11,13-14H,4-5,8-9,12H2,1-3H3,(H,25,26)/p-1. The highest BCUT2D eigenvalue weighted by molar-refractivity contribution is 5.67. The second-order valence-electron chi connectivity index (χ2n) is 6.94. The number of aliphatic carboxylic acids is 1. The maximum absolute atomic E-state index is 10.6. The van der Waals surface area contributed by atoms with Crippen LogP contribution in [0.25, 0.3) is 0 Å². The van der Waals surface area contributed by atoms with Crippen LogP contribution in [0.2, 0.25) is 0 Å². The molecule has 0 saturated heterocycles. The van der Waals surface area contributed by atoms with Crippen molar-refractivity contribution in [2.75, 3.05) is 6.61 Å². The van der Waals surface area contributed by atoms with E-state index in [0.29, 0.717) is 11.4 Å². The smallest absolute Gasteiger partial charge is 0.131 e. The second kappa shape index (κ2) is 7.79. The van der Waals surface area contributed by atoms with E-state index >= 15 is 0 Å². The van der Waals surface area contributed by atoms with Crippen molar-refractivity contribution in [3.63, 3.8) is 0 Å². The number of aromatic nitrogens is 2. The third kappa shape index (κ3) is 3.95. The van der Waals surface area contributed by atoms with E-state index in [2.05, 4.69) is 47.8 Å². The lowest BCUT2D eigenvalue weighted by atomic mass is 9.71. The number of hydrogen-bond acceptors (Lipinski definition) is 5. The summed E-state index contributed by atoms with van der Waals surface area (Å²) in [6, 6.07) is 4.23. The number of benzene rings is 1. The Morgan fingerprint density at radius 2 is 2.00 bits per heavy atom. The summed E-state index contributed by atoms with van der Waals surface area (Å²) in [5, 5.41) is 10.6. The van der Waals surface area contributed by atoms with Gasteiger partial charge in [0.2, 0.25) is 0 Å². The molecular weight excluding hydrogens is 340 g/mol. The molecule has 0 amide bonds. The second-order valence-corrected chi connectivity index (χ2v) is 6.94. The van der Waals surface area contributed by atoms with E-state index in [1.807, 2.05) is 6.92 Å². The van der Waals surface area contributed by atoms with Gasteiger partial charge in [0.05, 0.1) is 24.7 Å². The van der Waals surface area contributed by atoms with Crippen molar-refractivity contribution in [2.24, 2.45) is 0 Å². The fraction of sp³-hybridized carbons (Fsp3) is 0.409. The van der Waals surface area contributed by atoms with Crippen molar-refractivity contribution in [1.29, 1.82) is 0 Å². The predicted octanol–water partition coefficient (Wildman–Crippen LogP) is 2.32. The van der Waals surface area contributed by atoms with Crippen LogP contribution < -0.4 is 9.84 Å². The quantitative estimate of drug-likeness (QED) is 0.779. The zero-order valence-corrected chi connectivity index (χ0v) is 16.0. The molecule has 27 heavy (non-hydrogen) atoms. The van der Waals surface area contributed by atoms with E-state index in [1.165, 1.54) is 18.0 Å². The first-order chi connectivity index (χ1) is 13.0. The third-order valence-corrected chi connectivity index (χ3v) is 5.45. The van der Waals surface area contributed by atoms with Gasteiger partial charge in [0.15, 0.2) is 0 Å². The molecule has 140 valence electrons. The highest BCUT2D eigenvalue weighted by Gasteiger charge is 2.35.